The highest BCUT2D eigenvalue weighted by molar-refractivity contribution is 5.78. The van der Waals surface area contributed by atoms with Gasteiger partial charge in [0.05, 0.1) is 0 Å². The zero-order valence-corrected chi connectivity index (χ0v) is 11.0. The van der Waals surface area contributed by atoms with Crippen LogP contribution in [0.25, 0.3) is 0 Å². The molecule has 1 unspecified atom stereocenters. The first-order valence-corrected chi connectivity index (χ1v) is 6.25. The fourth-order valence-electron chi connectivity index (χ4n) is 1.72. The van der Waals surface area contributed by atoms with Gasteiger partial charge in [-0.2, -0.15) is 0 Å². The van der Waals surface area contributed by atoms with E-state index in [-0.39, 0.29) is 6.54 Å². The number of rotatable bonds is 7. The number of nitrogens with two attached hydrogens (primary N) is 1. The molecule has 1 aromatic carbocycles. The van der Waals surface area contributed by atoms with Crippen LogP contribution in [0.1, 0.15) is 25.0 Å². The molecule has 0 heterocycles. The maximum Gasteiger partial charge on any atom is 0.247 e. The minimum atomic E-state index is -1.12. The molecule has 1 atom stereocenters. The summed E-state index contributed by atoms with van der Waals surface area (Å²) in [6.45, 7) is 5.19. The lowest BCUT2D eigenvalue weighted by Crippen LogP contribution is -2.37. The molecule has 4 N–H and O–H groups in total. The second-order valence-electron chi connectivity index (χ2n) is 4.96. The van der Waals surface area contributed by atoms with E-state index in [2.05, 4.69) is 43.4 Å². The molecule has 0 saturated heterocycles. The molecule has 0 bridgehead atoms. The van der Waals surface area contributed by atoms with Crippen molar-refractivity contribution in [3.8, 4) is 0 Å². The average Bonchev–Trinajstić information content (AvgIpc) is 2.30. The maximum atomic E-state index is 10.6. The van der Waals surface area contributed by atoms with E-state index >= 15 is 0 Å². The van der Waals surface area contributed by atoms with Crippen LogP contribution in [-0.4, -0.2) is 23.7 Å². The van der Waals surface area contributed by atoms with Crippen molar-refractivity contribution in [3.63, 3.8) is 0 Å². The summed E-state index contributed by atoms with van der Waals surface area (Å²) in [6.07, 6.45) is -0.0427. The summed E-state index contributed by atoms with van der Waals surface area (Å²) in [7, 11) is 0. The van der Waals surface area contributed by atoms with Gasteiger partial charge in [0.2, 0.25) is 5.91 Å². The Kier molecular flexibility index (Phi) is 5.82. The normalized spacial score (nSPS) is 12.7. The van der Waals surface area contributed by atoms with E-state index in [1.807, 2.05) is 0 Å². The summed E-state index contributed by atoms with van der Waals surface area (Å²) in [5.41, 5.74) is 7.40. The monoisotopic (exact) mass is 250 g/mol. The standard InChI is InChI=1S/C14H22N2O2/c1-10(2)7-11-3-5-12(6-4-11)8-16-9-13(17)14(15)18/h3-6,10,13,16-17H,7-9H2,1-2H3,(H2,15,18). The topological polar surface area (TPSA) is 75.3 Å². The molecule has 18 heavy (non-hydrogen) atoms. The maximum absolute atomic E-state index is 10.6. The Hall–Kier alpha value is -1.39. The van der Waals surface area contributed by atoms with Crippen molar-refractivity contribution in [2.45, 2.75) is 32.9 Å². The molecule has 0 aliphatic heterocycles. The van der Waals surface area contributed by atoms with Crippen LogP contribution in [-0.2, 0) is 17.8 Å². The molecule has 1 rings (SSSR count). The highest BCUT2D eigenvalue weighted by Crippen LogP contribution is 2.09. The number of nitrogens with one attached hydrogen (secondary N) is 1. The average molecular weight is 250 g/mol. The lowest BCUT2D eigenvalue weighted by Gasteiger charge is -2.09. The lowest BCUT2D eigenvalue weighted by atomic mass is 10.0. The number of aliphatic hydroxyl groups is 1. The smallest absolute Gasteiger partial charge is 0.247 e. The third-order valence-electron chi connectivity index (χ3n) is 2.66. The van der Waals surface area contributed by atoms with Gasteiger partial charge < -0.3 is 16.2 Å². The molecule has 1 aromatic rings. The van der Waals surface area contributed by atoms with Crippen molar-refractivity contribution in [2.24, 2.45) is 11.7 Å². The fourth-order valence-corrected chi connectivity index (χ4v) is 1.72. The number of aliphatic hydroxyl groups excluding tert-OH is 1. The van der Waals surface area contributed by atoms with Crippen molar-refractivity contribution in [1.82, 2.24) is 5.32 Å². The van der Waals surface area contributed by atoms with Gasteiger partial charge in [0.25, 0.3) is 0 Å². The summed E-state index contributed by atoms with van der Waals surface area (Å²) in [6, 6.07) is 8.34. The van der Waals surface area contributed by atoms with Crippen LogP contribution < -0.4 is 11.1 Å². The van der Waals surface area contributed by atoms with Gasteiger partial charge in [-0.15, -0.1) is 0 Å². The molecule has 4 nitrogen and oxygen atoms in total. The van der Waals surface area contributed by atoms with E-state index in [0.29, 0.717) is 12.5 Å². The van der Waals surface area contributed by atoms with Crippen LogP contribution in [0.15, 0.2) is 24.3 Å². The number of primary amides is 1. The van der Waals surface area contributed by atoms with Crippen LogP contribution in [0.4, 0.5) is 0 Å². The van der Waals surface area contributed by atoms with Crippen molar-refractivity contribution in [1.29, 1.82) is 0 Å². The SMILES string of the molecule is CC(C)Cc1ccc(CNCC(O)C(N)=O)cc1. The van der Waals surface area contributed by atoms with Gasteiger partial charge in [-0.3, -0.25) is 4.79 Å². The quantitative estimate of drug-likeness (QED) is 0.670. The highest BCUT2D eigenvalue weighted by atomic mass is 16.3. The number of hydrogen-bond donors (Lipinski definition) is 3. The minimum Gasteiger partial charge on any atom is -0.382 e. The second kappa shape index (κ2) is 7.13. The Morgan fingerprint density at radius 1 is 1.28 bits per heavy atom. The number of carbonyl (C=O) groups is 1. The fraction of sp³-hybridized carbons (Fsp3) is 0.500. The summed E-state index contributed by atoms with van der Waals surface area (Å²) in [5.74, 6) is -0.0468. The largest absolute Gasteiger partial charge is 0.382 e. The molecule has 100 valence electrons. The summed E-state index contributed by atoms with van der Waals surface area (Å²) in [5, 5.41) is 12.2. The van der Waals surface area contributed by atoms with E-state index in [4.69, 9.17) is 5.73 Å². The molecule has 0 aliphatic rings. The first kappa shape index (κ1) is 14.7. The van der Waals surface area contributed by atoms with Gasteiger partial charge in [0, 0.05) is 13.1 Å². The summed E-state index contributed by atoms with van der Waals surface area (Å²) < 4.78 is 0. The van der Waals surface area contributed by atoms with Crippen LogP contribution in [0, 0.1) is 5.92 Å². The molecule has 0 radical (unpaired) electrons. The molecule has 4 heteroatoms. The zero-order valence-electron chi connectivity index (χ0n) is 11.0. The van der Waals surface area contributed by atoms with E-state index < -0.39 is 12.0 Å². The van der Waals surface area contributed by atoms with E-state index in [1.165, 1.54) is 5.56 Å². The van der Waals surface area contributed by atoms with Gasteiger partial charge in [-0.05, 0) is 23.5 Å². The molecular formula is C14H22N2O2. The Balaban J connectivity index is 2.37. The Morgan fingerprint density at radius 3 is 2.33 bits per heavy atom. The minimum absolute atomic E-state index is 0.184. The predicted octanol–water partition coefficient (Wildman–Crippen LogP) is 0.821. The molecule has 0 spiro atoms. The molecule has 0 aliphatic carbocycles. The summed E-state index contributed by atoms with van der Waals surface area (Å²) >= 11 is 0. The van der Waals surface area contributed by atoms with Gasteiger partial charge in [0.1, 0.15) is 6.10 Å². The predicted molar refractivity (Wildman–Crippen MR) is 71.9 cm³/mol. The van der Waals surface area contributed by atoms with Gasteiger partial charge in [-0.25, -0.2) is 0 Å². The van der Waals surface area contributed by atoms with Crippen LogP contribution in [0.5, 0.6) is 0 Å². The second-order valence-corrected chi connectivity index (χ2v) is 4.96. The van der Waals surface area contributed by atoms with Gasteiger partial charge in [-0.1, -0.05) is 38.1 Å². The molecular weight excluding hydrogens is 228 g/mol. The Labute approximate surface area is 108 Å². The van der Waals surface area contributed by atoms with E-state index in [0.717, 1.165) is 12.0 Å². The van der Waals surface area contributed by atoms with E-state index in [9.17, 15) is 9.90 Å². The number of amides is 1. The van der Waals surface area contributed by atoms with Gasteiger partial charge >= 0.3 is 0 Å². The third kappa shape index (κ3) is 5.29. The Bertz CT molecular complexity index is 374. The third-order valence-corrected chi connectivity index (χ3v) is 2.66. The van der Waals surface area contributed by atoms with Crippen molar-refractivity contribution in [2.75, 3.05) is 6.54 Å². The Morgan fingerprint density at radius 2 is 1.83 bits per heavy atom. The van der Waals surface area contributed by atoms with Crippen molar-refractivity contribution >= 4 is 5.91 Å². The summed E-state index contributed by atoms with van der Waals surface area (Å²) in [4.78, 5) is 10.6. The first-order valence-electron chi connectivity index (χ1n) is 6.25. The van der Waals surface area contributed by atoms with Crippen LogP contribution in [0.3, 0.4) is 0 Å². The van der Waals surface area contributed by atoms with Gasteiger partial charge in [0.15, 0.2) is 0 Å². The van der Waals surface area contributed by atoms with Crippen LogP contribution in [0.2, 0.25) is 0 Å². The molecule has 1 amide bonds. The van der Waals surface area contributed by atoms with Crippen molar-refractivity contribution in [3.05, 3.63) is 35.4 Å². The van der Waals surface area contributed by atoms with Crippen molar-refractivity contribution < 1.29 is 9.90 Å². The van der Waals surface area contributed by atoms with E-state index in [1.54, 1.807) is 0 Å². The number of benzene rings is 1. The molecule has 0 aromatic heterocycles. The molecule has 0 saturated carbocycles. The number of hydrogen-bond acceptors (Lipinski definition) is 3. The molecule has 0 fully saturated rings. The highest BCUT2D eigenvalue weighted by Gasteiger charge is 2.09. The van der Waals surface area contributed by atoms with Crippen LogP contribution >= 0.6 is 0 Å². The number of carbonyl (C=O) groups excluding carboxylic acids is 1. The zero-order chi connectivity index (χ0) is 13.5. The lowest BCUT2D eigenvalue weighted by molar-refractivity contribution is -0.125. The first-order chi connectivity index (χ1) is 8.49.